The van der Waals surface area contributed by atoms with E-state index in [1.807, 2.05) is 35.0 Å². The zero-order valence-electron chi connectivity index (χ0n) is 10.5. The van der Waals surface area contributed by atoms with Gasteiger partial charge in [-0.25, -0.2) is 4.98 Å². The van der Waals surface area contributed by atoms with E-state index in [0.29, 0.717) is 6.54 Å². The molecule has 98 valence electrons. The summed E-state index contributed by atoms with van der Waals surface area (Å²) in [7, 11) is 0. The summed E-state index contributed by atoms with van der Waals surface area (Å²) >= 11 is 0. The third-order valence-corrected chi connectivity index (χ3v) is 2.53. The summed E-state index contributed by atoms with van der Waals surface area (Å²) in [5.74, 6) is -0.0885. The van der Waals surface area contributed by atoms with Crippen molar-refractivity contribution in [2.75, 3.05) is 18.4 Å². The molecule has 1 heterocycles. The fourth-order valence-corrected chi connectivity index (χ4v) is 1.69. The number of aromatic nitrogens is 2. The SMILES string of the molecule is C=CCNCC(=O)Nc1ccccc1-n1ccnc1. The normalized spacial score (nSPS) is 10.1. The van der Waals surface area contributed by atoms with Crippen molar-refractivity contribution >= 4 is 11.6 Å². The van der Waals surface area contributed by atoms with Crippen LogP contribution < -0.4 is 10.6 Å². The Labute approximate surface area is 112 Å². The molecule has 19 heavy (non-hydrogen) atoms. The van der Waals surface area contributed by atoms with Gasteiger partial charge in [0.05, 0.1) is 24.2 Å². The van der Waals surface area contributed by atoms with E-state index in [9.17, 15) is 4.79 Å². The molecule has 2 aromatic rings. The minimum Gasteiger partial charge on any atom is -0.323 e. The number of carbonyl (C=O) groups excluding carboxylic acids is 1. The monoisotopic (exact) mass is 256 g/mol. The third-order valence-electron chi connectivity index (χ3n) is 2.53. The molecule has 0 aliphatic carbocycles. The van der Waals surface area contributed by atoms with Crippen molar-refractivity contribution in [3.8, 4) is 5.69 Å². The molecule has 2 N–H and O–H groups in total. The lowest BCUT2D eigenvalue weighted by Crippen LogP contribution is -2.28. The molecule has 0 spiro atoms. The van der Waals surface area contributed by atoms with Crippen LogP contribution in [0.5, 0.6) is 0 Å². The molecule has 0 unspecified atom stereocenters. The van der Waals surface area contributed by atoms with E-state index >= 15 is 0 Å². The second-order valence-corrected chi connectivity index (χ2v) is 3.95. The maximum absolute atomic E-state index is 11.8. The minimum absolute atomic E-state index is 0.0885. The molecule has 0 aliphatic heterocycles. The first kappa shape index (κ1) is 13.0. The molecule has 5 heteroatoms. The molecule has 0 saturated heterocycles. The third kappa shape index (κ3) is 3.53. The van der Waals surface area contributed by atoms with Gasteiger partial charge < -0.3 is 15.2 Å². The predicted molar refractivity (Wildman–Crippen MR) is 75.3 cm³/mol. The van der Waals surface area contributed by atoms with Gasteiger partial charge in [-0.15, -0.1) is 6.58 Å². The van der Waals surface area contributed by atoms with Gasteiger partial charge in [0.15, 0.2) is 0 Å². The number of nitrogens with zero attached hydrogens (tertiary/aromatic N) is 2. The number of para-hydroxylation sites is 2. The zero-order chi connectivity index (χ0) is 13.5. The molecule has 2 rings (SSSR count). The summed E-state index contributed by atoms with van der Waals surface area (Å²) < 4.78 is 1.85. The first-order valence-corrected chi connectivity index (χ1v) is 6.00. The van der Waals surface area contributed by atoms with Crippen LogP contribution in [0.25, 0.3) is 5.69 Å². The number of anilines is 1. The van der Waals surface area contributed by atoms with E-state index in [1.54, 1.807) is 18.6 Å². The fraction of sp³-hybridized carbons (Fsp3) is 0.143. The van der Waals surface area contributed by atoms with Crippen molar-refractivity contribution in [2.45, 2.75) is 0 Å². The molecule has 5 nitrogen and oxygen atoms in total. The Hall–Kier alpha value is -2.40. The van der Waals surface area contributed by atoms with Gasteiger partial charge in [-0.05, 0) is 12.1 Å². The van der Waals surface area contributed by atoms with Crippen LogP contribution in [0.15, 0.2) is 55.6 Å². The highest BCUT2D eigenvalue weighted by Crippen LogP contribution is 2.19. The number of carbonyl (C=O) groups is 1. The van der Waals surface area contributed by atoms with Crippen LogP contribution in [0.3, 0.4) is 0 Å². The largest absolute Gasteiger partial charge is 0.323 e. The number of hydrogen-bond acceptors (Lipinski definition) is 3. The molecular formula is C14H16N4O. The van der Waals surface area contributed by atoms with Gasteiger partial charge in [0, 0.05) is 18.9 Å². The highest BCUT2D eigenvalue weighted by molar-refractivity contribution is 5.94. The van der Waals surface area contributed by atoms with E-state index in [1.165, 1.54) is 0 Å². The van der Waals surface area contributed by atoms with Gasteiger partial charge in [0.25, 0.3) is 0 Å². The summed E-state index contributed by atoms with van der Waals surface area (Å²) in [4.78, 5) is 15.8. The molecular weight excluding hydrogens is 240 g/mol. The van der Waals surface area contributed by atoms with Gasteiger partial charge in [-0.2, -0.15) is 0 Å². The van der Waals surface area contributed by atoms with Crippen LogP contribution in [0, 0.1) is 0 Å². The van der Waals surface area contributed by atoms with E-state index < -0.39 is 0 Å². The van der Waals surface area contributed by atoms with Gasteiger partial charge in [-0.3, -0.25) is 4.79 Å². The number of hydrogen-bond donors (Lipinski definition) is 2. The van der Waals surface area contributed by atoms with Gasteiger partial charge in [0.2, 0.25) is 5.91 Å². The summed E-state index contributed by atoms with van der Waals surface area (Å²) in [6, 6.07) is 7.59. The molecule has 0 atom stereocenters. The van der Waals surface area contributed by atoms with Crippen LogP contribution in [0.4, 0.5) is 5.69 Å². The summed E-state index contributed by atoms with van der Waals surface area (Å²) in [5, 5.41) is 5.83. The highest BCUT2D eigenvalue weighted by atomic mass is 16.1. The smallest absolute Gasteiger partial charge is 0.238 e. The van der Waals surface area contributed by atoms with E-state index in [4.69, 9.17) is 0 Å². The van der Waals surface area contributed by atoms with Crippen LogP contribution in [-0.2, 0) is 4.79 Å². The van der Waals surface area contributed by atoms with Crippen molar-refractivity contribution in [2.24, 2.45) is 0 Å². The van der Waals surface area contributed by atoms with Gasteiger partial charge >= 0.3 is 0 Å². The van der Waals surface area contributed by atoms with E-state index in [-0.39, 0.29) is 12.5 Å². The van der Waals surface area contributed by atoms with Crippen molar-refractivity contribution < 1.29 is 4.79 Å². The molecule has 0 fully saturated rings. The lowest BCUT2D eigenvalue weighted by Gasteiger charge is -2.11. The predicted octanol–water partition coefficient (Wildman–Crippen LogP) is 1.59. The van der Waals surface area contributed by atoms with E-state index in [0.717, 1.165) is 11.4 Å². The Morgan fingerprint density at radius 2 is 2.26 bits per heavy atom. The van der Waals surface area contributed by atoms with Crippen molar-refractivity contribution in [3.05, 3.63) is 55.6 Å². The van der Waals surface area contributed by atoms with Crippen LogP contribution in [-0.4, -0.2) is 28.5 Å². The second kappa shape index (κ2) is 6.51. The quantitative estimate of drug-likeness (QED) is 0.609. The lowest BCUT2D eigenvalue weighted by atomic mass is 10.2. The topological polar surface area (TPSA) is 59.0 Å². The number of rotatable bonds is 6. The standard InChI is InChI=1S/C14H16N4O/c1-2-7-15-10-14(19)17-12-5-3-4-6-13(12)18-9-8-16-11-18/h2-6,8-9,11,15H,1,7,10H2,(H,17,19). The molecule has 1 aromatic heterocycles. The average molecular weight is 256 g/mol. The lowest BCUT2D eigenvalue weighted by molar-refractivity contribution is -0.115. The number of amides is 1. The van der Waals surface area contributed by atoms with Gasteiger partial charge in [0.1, 0.15) is 0 Å². The molecule has 1 aromatic carbocycles. The fourth-order valence-electron chi connectivity index (χ4n) is 1.69. The van der Waals surface area contributed by atoms with Crippen molar-refractivity contribution in [1.29, 1.82) is 0 Å². The maximum atomic E-state index is 11.8. The second-order valence-electron chi connectivity index (χ2n) is 3.95. The van der Waals surface area contributed by atoms with Crippen LogP contribution in [0.1, 0.15) is 0 Å². The number of nitrogens with one attached hydrogen (secondary N) is 2. The molecule has 0 aliphatic rings. The molecule has 1 amide bonds. The number of imidazole rings is 1. The summed E-state index contributed by atoms with van der Waals surface area (Å²) in [5.41, 5.74) is 1.64. The first-order chi connectivity index (χ1) is 9.31. The molecule has 0 radical (unpaired) electrons. The Morgan fingerprint density at radius 3 is 3.00 bits per heavy atom. The molecule has 0 bridgehead atoms. The van der Waals surface area contributed by atoms with Crippen molar-refractivity contribution in [1.82, 2.24) is 14.9 Å². The van der Waals surface area contributed by atoms with Crippen LogP contribution >= 0.6 is 0 Å². The Morgan fingerprint density at radius 1 is 1.42 bits per heavy atom. The highest BCUT2D eigenvalue weighted by Gasteiger charge is 2.06. The van der Waals surface area contributed by atoms with E-state index in [2.05, 4.69) is 22.2 Å². The zero-order valence-corrected chi connectivity index (χ0v) is 10.5. The Bertz CT molecular complexity index is 548. The molecule has 0 saturated carbocycles. The summed E-state index contributed by atoms with van der Waals surface area (Å²) in [6.07, 6.45) is 6.94. The summed E-state index contributed by atoms with van der Waals surface area (Å²) in [6.45, 7) is 4.45. The minimum atomic E-state index is -0.0885. The van der Waals surface area contributed by atoms with Crippen molar-refractivity contribution in [3.63, 3.8) is 0 Å². The maximum Gasteiger partial charge on any atom is 0.238 e. The average Bonchev–Trinajstić information content (AvgIpc) is 2.93. The van der Waals surface area contributed by atoms with Gasteiger partial charge in [-0.1, -0.05) is 18.2 Å². The first-order valence-electron chi connectivity index (χ1n) is 6.00. The number of benzene rings is 1. The Kier molecular flexibility index (Phi) is 4.47. The Balaban J connectivity index is 2.08. The van der Waals surface area contributed by atoms with Crippen LogP contribution in [0.2, 0.25) is 0 Å².